The van der Waals surface area contributed by atoms with Crippen LogP contribution in [0.25, 0.3) is 0 Å². The van der Waals surface area contributed by atoms with Gasteiger partial charge in [0.1, 0.15) is 16.4 Å². The van der Waals surface area contributed by atoms with Crippen LogP contribution in [0, 0.1) is 11.6 Å². The van der Waals surface area contributed by atoms with E-state index in [1.54, 1.807) is 6.07 Å². The summed E-state index contributed by atoms with van der Waals surface area (Å²) in [6.45, 7) is 0.790. The molecule has 2 heterocycles. The quantitative estimate of drug-likeness (QED) is 0.921. The van der Waals surface area contributed by atoms with E-state index in [4.69, 9.17) is 9.47 Å². The first-order valence-corrected chi connectivity index (χ1v) is 8.86. The van der Waals surface area contributed by atoms with Crippen LogP contribution in [0.15, 0.2) is 29.2 Å². The molecule has 126 valence electrons. The summed E-state index contributed by atoms with van der Waals surface area (Å²) in [7, 11) is -4.04. The molecule has 2 aliphatic heterocycles. The molecule has 0 saturated carbocycles. The summed E-state index contributed by atoms with van der Waals surface area (Å²) in [4.78, 5) is 0.0229. The molecule has 24 heavy (non-hydrogen) atoms. The summed E-state index contributed by atoms with van der Waals surface area (Å²) in [5, 5.41) is 0. The van der Waals surface area contributed by atoms with Crippen molar-refractivity contribution >= 4 is 15.7 Å². The second-order valence-corrected chi connectivity index (χ2v) is 7.22. The van der Waals surface area contributed by atoms with Gasteiger partial charge in [0, 0.05) is 30.0 Å². The Morgan fingerprint density at radius 2 is 1.79 bits per heavy atom. The van der Waals surface area contributed by atoms with Gasteiger partial charge in [-0.25, -0.2) is 17.2 Å². The molecule has 0 fully saturated rings. The molecule has 0 radical (unpaired) electrons. The molecule has 8 heteroatoms. The predicted octanol–water partition coefficient (Wildman–Crippen LogP) is 2.64. The van der Waals surface area contributed by atoms with E-state index in [1.807, 2.05) is 0 Å². The Kier molecular flexibility index (Phi) is 3.38. The fraction of sp³-hybridized carbons (Fsp3) is 0.250. The SMILES string of the molecule is O=S(=O)(Nc1ccc(F)c(F)c1)c1c2c(cc3c1OCC3)OCC2. The van der Waals surface area contributed by atoms with Gasteiger partial charge in [-0.15, -0.1) is 0 Å². The third-order valence-corrected chi connectivity index (χ3v) is 5.52. The number of anilines is 1. The normalized spacial score (nSPS) is 15.4. The summed E-state index contributed by atoms with van der Waals surface area (Å²) in [5.74, 6) is -1.33. The number of rotatable bonds is 3. The highest BCUT2D eigenvalue weighted by molar-refractivity contribution is 7.92. The van der Waals surface area contributed by atoms with E-state index >= 15 is 0 Å². The summed E-state index contributed by atoms with van der Waals surface area (Å²) in [6, 6.07) is 4.64. The Morgan fingerprint density at radius 1 is 1.00 bits per heavy atom. The first-order valence-electron chi connectivity index (χ1n) is 7.38. The van der Waals surface area contributed by atoms with Gasteiger partial charge in [0.2, 0.25) is 0 Å². The van der Waals surface area contributed by atoms with Crippen LogP contribution in [0.2, 0.25) is 0 Å². The van der Waals surface area contributed by atoms with Crippen molar-refractivity contribution < 1.29 is 26.7 Å². The molecule has 0 aliphatic carbocycles. The molecule has 0 bridgehead atoms. The van der Waals surface area contributed by atoms with Crippen LogP contribution >= 0.6 is 0 Å². The standard InChI is InChI=1S/C16H13F2NO4S/c17-12-2-1-10(8-13(12)18)19-24(20,21)16-11-4-6-22-14(11)7-9-3-5-23-15(9)16/h1-2,7-8,19H,3-6H2. The summed E-state index contributed by atoms with van der Waals surface area (Å²) < 4.78 is 65.4. The molecular weight excluding hydrogens is 340 g/mol. The van der Waals surface area contributed by atoms with Crippen molar-refractivity contribution in [1.29, 1.82) is 0 Å². The number of hydrogen-bond donors (Lipinski definition) is 1. The Morgan fingerprint density at radius 3 is 2.58 bits per heavy atom. The van der Waals surface area contributed by atoms with Crippen LogP contribution in [0.5, 0.6) is 11.5 Å². The molecule has 2 aromatic carbocycles. The van der Waals surface area contributed by atoms with Gasteiger partial charge in [0.05, 0.1) is 18.9 Å². The molecule has 0 unspecified atom stereocenters. The lowest BCUT2D eigenvalue weighted by Crippen LogP contribution is -2.16. The minimum absolute atomic E-state index is 0.0229. The van der Waals surface area contributed by atoms with Gasteiger partial charge in [-0.2, -0.15) is 0 Å². The van der Waals surface area contributed by atoms with E-state index in [1.165, 1.54) is 0 Å². The largest absolute Gasteiger partial charge is 0.493 e. The highest BCUT2D eigenvalue weighted by Gasteiger charge is 2.33. The van der Waals surface area contributed by atoms with E-state index < -0.39 is 21.7 Å². The lowest BCUT2D eigenvalue weighted by atomic mass is 10.1. The minimum Gasteiger partial charge on any atom is -0.493 e. The molecule has 2 aliphatic rings. The average Bonchev–Trinajstić information content (AvgIpc) is 3.16. The van der Waals surface area contributed by atoms with Crippen molar-refractivity contribution in [2.45, 2.75) is 17.7 Å². The van der Waals surface area contributed by atoms with E-state index in [-0.39, 0.29) is 10.6 Å². The minimum atomic E-state index is -4.04. The Bertz CT molecular complexity index is 911. The molecule has 0 amide bonds. The zero-order valence-electron chi connectivity index (χ0n) is 12.4. The fourth-order valence-electron chi connectivity index (χ4n) is 2.99. The number of sulfonamides is 1. The van der Waals surface area contributed by atoms with Crippen LogP contribution in [0.4, 0.5) is 14.5 Å². The summed E-state index contributed by atoms with van der Waals surface area (Å²) >= 11 is 0. The van der Waals surface area contributed by atoms with Gasteiger partial charge in [-0.3, -0.25) is 4.72 Å². The Hall–Kier alpha value is -2.35. The number of fused-ring (bicyclic) bond motifs is 2. The number of halogens is 2. The van der Waals surface area contributed by atoms with Crippen LogP contribution < -0.4 is 14.2 Å². The second-order valence-electron chi connectivity index (χ2n) is 5.60. The maximum Gasteiger partial charge on any atom is 0.266 e. The molecule has 5 nitrogen and oxygen atoms in total. The van der Waals surface area contributed by atoms with Gasteiger partial charge in [0.15, 0.2) is 11.6 Å². The van der Waals surface area contributed by atoms with Crippen molar-refractivity contribution in [3.8, 4) is 11.5 Å². The molecule has 0 aromatic heterocycles. The smallest absolute Gasteiger partial charge is 0.266 e. The highest BCUT2D eigenvalue weighted by Crippen LogP contribution is 2.43. The van der Waals surface area contributed by atoms with Crippen molar-refractivity contribution in [2.75, 3.05) is 17.9 Å². The summed E-state index contributed by atoms with van der Waals surface area (Å²) in [6.07, 6.45) is 1.04. The number of ether oxygens (including phenoxy) is 2. The third-order valence-electron chi connectivity index (χ3n) is 4.04. The zero-order valence-corrected chi connectivity index (χ0v) is 13.3. The van der Waals surface area contributed by atoms with Crippen molar-refractivity contribution in [3.63, 3.8) is 0 Å². The fourth-order valence-corrected chi connectivity index (χ4v) is 4.49. The molecule has 0 spiro atoms. The van der Waals surface area contributed by atoms with Gasteiger partial charge in [-0.05, 0) is 18.2 Å². The van der Waals surface area contributed by atoms with E-state index in [0.29, 0.717) is 43.1 Å². The number of hydrogen-bond acceptors (Lipinski definition) is 4. The van der Waals surface area contributed by atoms with Gasteiger partial charge >= 0.3 is 0 Å². The average molecular weight is 353 g/mol. The third kappa shape index (κ3) is 2.37. The zero-order chi connectivity index (χ0) is 16.9. The van der Waals surface area contributed by atoms with Gasteiger partial charge in [-0.1, -0.05) is 0 Å². The lowest BCUT2D eigenvalue weighted by molar-refractivity contribution is 0.348. The van der Waals surface area contributed by atoms with Crippen LogP contribution in [-0.4, -0.2) is 21.6 Å². The second kappa shape index (κ2) is 5.34. The van der Waals surface area contributed by atoms with Gasteiger partial charge in [0.25, 0.3) is 10.0 Å². The molecule has 0 saturated heterocycles. The van der Waals surface area contributed by atoms with Crippen molar-refractivity contribution in [1.82, 2.24) is 0 Å². The number of nitrogens with one attached hydrogen (secondary N) is 1. The predicted molar refractivity (Wildman–Crippen MR) is 82.0 cm³/mol. The monoisotopic (exact) mass is 353 g/mol. The molecular formula is C16H13F2NO4S. The topological polar surface area (TPSA) is 64.6 Å². The maximum absolute atomic E-state index is 13.3. The first-order chi connectivity index (χ1) is 11.5. The molecule has 1 N–H and O–H groups in total. The maximum atomic E-state index is 13.3. The van der Waals surface area contributed by atoms with Crippen molar-refractivity contribution in [2.24, 2.45) is 0 Å². The first kappa shape index (κ1) is 15.2. The summed E-state index contributed by atoms with van der Waals surface area (Å²) in [5.41, 5.74) is 1.25. The van der Waals surface area contributed by atoms with Gasteiger partial charge < -0.3 is 9.47 Å². The van der Waals surface area contributed by atoms with E-state index in [9.17, 15) is 17.2 Å². The van der Waals surface area contributed by atoms with Crippen LogP contribution in [0.3, 0.4) is 0 Å². The van der Waals surface area contributed by atoms with Crippen LogP contribution in [-0.2, 0) is 22.9 Å². The molecule has 2 aromatic rings. The Balaban J connectivity index is 1.81. The Labute approximate surface area is 137 Å². The van der Waals surface area contributed by atoms with E-state index in [0.717, 1.165) is 23.8 Å². The lowest BCUT2D eigenvalue weighted by Gasteiger charge is -2.15. The van der Waals surface area contributed by atoms with Crippen LogP contribution in [0.1, 0.15) is 11.1 Å². The highest BCUT2D eigenvalue weighted by atomic mass is 32.2. The van der Waals surface area contributed by atoms with E-state index in [2.05, 4.69) is 4.72 Å². The molecule has 4 rings (SSSR count). The number of benzene rings is 2. The molecule has 0 atom stereocenters. The van der Waals surface area contributed by atoms with Crippen molar-refractivity contribution in [3.05, 3.63) is 47.0 Å².